The van der Waals surface area contributed by atoms with Crippen LogP contribution in [-0.2, 0) is 9.53 Å². The van der Waals surface area contributed by atoms with Gasteiger partial charge in [0.1, 0.15) is 0 Å². The molecule has 0 radical (unpaired) electrons. The lowest BCUT2D eigenvalue weighted by atomic mass is 9.98. The molecule has 4 heteroatoms. The largest absolute Gasteiger partial charge is 0.377 e. The summed E-state index contributed by atoms with van der Waals surface area (Å²) in [5.41, 5.74) is 0. The van der Waals surface area contributed by atoms with Gasteiger partial charge in [-0.25, -0.2) is 0 Å². The highest BCUT2D eigenvalue weighted by molar-refractivity contribution is 6.20. The lowest BCUT2D eigenvalue weighted by Gasteiger charge is -2.24. The summed E-state index contributed by atoms with van der Waals surface area (Å²) < 4.78 is 5.51. The summed E-state index contributed by atoms with van der Waals surface area (Å²) >= 11 is 5.87. The Balaban J connectivity index is 2.51. The quantitative estimate of drug-likeness (QED) is 0.694. The lowest BCUT2D eigenvalue weighted by Crippen LogP contribution is -2.39. The first-order valence-corrected chi connectivity index (χ1v) is 6.00. The minimum absolute atomic E-state index is 0.00125. The molecule has 1 aliphatic heterocycles. The topological polar surface area (TPSA) is 29.5 Å². The van der Waals surface area contributed by atoms with Crippen molar-refractivity contribution in [2.75, 3.05) is 20.2 Å². The van der Waals surface area contributed by atoms with Gasteiger partial charge in [-0.2, -0.15) is 0 Å². The number of amides is 1. The molecular formula is C11H20ClNO2. The summed E-state index contributed by atoms with van der Waals surface area (Å²) in [4.78, 5) is 13.8. The minimum Gasteiger partial charge on any atom is -0.377 e. The van der Waals surface area contributed by atoms with E-state index in [0.717, 1.165) is 12.8 Å². The Kier molecular flexibility index (Phi) is 4.87. The van der Waals surface area contributed by atoms with Crippen LogP contribution in [0.2, 0.25) is 0 Å². The first kappa shape index (κ1) is 12.8. The van der Waals surface area contributed by atoms with Crippen LogP contribution < -0.4 is 0 Å². The van der Waals surface area contributed by atoms with Gasteiger partial charge in [-0.1, -0.05) is 6.92 Å². The summed E-state index contributed by atoms with van der Waals surface area (Å²) in [6.45, 7) is 5.26. The molecule has 88 valence electrons. The zero-order valence-electron chi connectivity index (χ0n) is 9.70. The number of halogens is 1. The highest BCUT2D eigenvalue weighted by atomic mass is 35.5. The molecule has 0 aromatic rings. The molecule has 0 aromatic carbocycles. The van der Waals surface area contributed by atoms with Crippen molar-refractivity contribution < 1.29 is 9.53 Å². The Morgan fingerprint density at radius 1 is 1.67 bits per heavy atom. The number of carbonyl (C=O) groups excluding carboxylic acids is 1. The van der Waals surface area contributed by atoms with Crippen molar-refractivity contribution in [2.24, 2.45) is 5.92 Å². The first-order valence-electron chi connectivity index (χ1n) is 5.56. The third-order valence-corrected chi connectivity index (χ3v) is 2.97. The van der Waals surface area contributed by atoms with Crippen LogP contribution in [0.1, 0.15) is 26.7 Å². The molecule has 1 heterocycles. The standard InChI is InChI=1S/C11H20ClNO2/c1-4-10-9(5-6-15-10)11(14)13(3)7-8(2)12/h8-10H,4-7H2,1-3H3. The molecule has 1 fully saturated rings. The molecule has 1 aliphatic rings. The van der Waals surface area contributed by atoms with Gasteiger partial charge in [-0.15, -0.1) is 11.6 Å². The third-order valence-electron chi connectivity index (χ3n) is 2.83. The van der Waals surface area contributed by atoms with Crippen molar-refractivity contribution in [3.05, 3.63) is 0 Å². The fraction of sp³-hybridized carbons (Fsp3) is 0.909. The van der Waals surface area contributed by atoms with Crippen LogP contribution in [0, 0.1) is 5.92 Å². The molecular weight excluding hydrogens is 214 g/mol. The maximum absolute atomic E-state index is 12.0. The lowest BCUT2D eigenvalue weighted by molar-refractivity contribution is -0.136. The fourth-order valence-electron chi connectivity index (χ4n) is 2.08. The Morgan fingerprint density at radius 3 is 2.87 bits per heavy atom. The molecule has 0 aliphatic carbocycles. The van der Waals surface area contributed by atoms with Gasteiger partial charge in [-0.05, 0) is 19.8 Å². The summed E-state index contributed by atoms with van der Waals surface area (Å²) in [6.07, 6.45) is 1.85. The van der Waals surface area contributed by atoms with Crippen LogP contribution >= 0.6 is 11.6 Å². The summed E-state index contributed by atoms with van der Waals surface area (Å²) in [6, 6.07) is 0. The molecule has 0 bridgehead atoms. The molecule has 3 unspecified atom stereocenters. The Labute approximate surface area is 96.7 Å². The molecule has 0 aromatic heterocycles. The number of carbonyl (C=O) groups is 1. The average molecular weight is 234 g/mol. The smallest absolute Gasteiger partial charge is 0.228 e. The van der Waals surface area contributed by atoms with Gasteiger partial charge in [0, 0.05) is 25.6 Å². The van der Waals surface area contributed by atoms with Crippen molar-refractivity contribution >= 4 is 17.5 Å². The SMILES string of the molecule is CCC1OCCC1C(=O)N(C)CC(C)Cl. The van der Waals surface area contributed by atoms with Gasteiger partial charge in [-0.3, -0.25) is 4.79 Å². The number of nitrogens with zero attached hydrogens (tertiary/aromatic N) is 1. The van der Waals surface area contributed by atoms with Crippen molar-refractivity contribution in [1.82, 2.24) is 4.90 Å². The Bertz CT molecular complexity index is 221. The second-order valence-corrected chi connectivity index (χ2v) is 4.96. The van der Waals surface area contributed by atoms with Gasteiger partial charge in [0.05, 0.1) is 12.0 Å². The number of hydrogen-bond donors (Lipinski definition) is 0. The summed E-state index contributed by atoms with van der Waals surface area (Å²) in [7, 11) is 1.81. The van der Waals surface area contributed by atoms with E-state index in [0.29, 0.717) is 13.2 Å². The van der Waals surface area contributed by atoms with Crippen LogP contribution in [0.15, 0.2) is 0 Å². The fourth-order valence-corrected chi connectivity index (χ4v) is 2.29. The van der Waals surface area contributed by atoms with E-state index >= 15 is 0 Å². The maximum Gasteiger partial charge on any atom is 0.228 e. The molecule has 0 N–H and O–H groups in total. The van der Waals surface area contributed by atoms with Crippen molar-refractivity contribution in [3.8, 4) is 0 Å². The van der Waals surface area contributed by atoms with E-state index in [1.807, 2.05) is 14.0 Å². The van der Waals surface area contributed by atoms with Crippen molar-refractivity contribution in [2.45, 2.75) is 38.2 Å². The number of ether oxygens (including phenoxy) is 1. The average Bonchev–Trinajstić information content (AvgIpc) is 2.62. The van der Waals surface area contributed by atoms with Crippen molar-refractivity contribution in [3.63, 3.8) is 0 Å². The van der Waals surface area contributed by atoms with Crippen LogP contribution in [-0.4, -0.2) is 42.5 Å². The Hall–Kier alpha value is -0.280. The maximum atomic E-state index is 12.0. The second kappa shape index (κ2) is 5.71. The molecule has 1 rings (SSSR count). The summed E-state index contributed by atoms with van der Waals surface area (Å²) in [5.74, 6) is 0.210. The minimum atomic E-state index is 0.00125. The molecule has 1 saturated heterocycles. The Morgan fingerprint density at radius 2 is 2.33 bits per heavy atom. The normalized spacial score (nSPS) is 27.7. The van der Waals surface area contributed by atoms with E-state index in [1.165, 1.54) is 0 Å². The number of rotatable bonds is 4. The monoisotopic (exact) mass is 233 g/mol. The summed E-state index contributed by atoms with van der Waals surface area (Å²) in [5, 5.41) is 0.00125. The molecule has 3 atom stereocenters. The van der Waals surface area contributed by atoms with Gasteiger partial charge in [0.25, 0.3) is 0 Å². The van der Waals surface area contributed by atoms with Gasteiger partial charge < -0.3 is 9.64 Å². The van der Waals surface area contributed by atoms with E-state index < -0.39 is 0 Å². The van der Waals surface area contributed by atoms with Gasteiger partial charge in [0.2, 0.25) is 5.91 Å². The molecule has 1 amide bonds. The van der Waals surface area contributed by atoms with E-state index in [9.17, 15) is 4.79 Å². The molecule has 15 heavy (non-hydrogen) atoms. The van der Waals surface area contributed by atoms with Crippen LogP contribution in [0.5, 0.6) is 0 Å². The zero-order valence-corrected chi connectivity index (χ0v) is 10.5. The van der Waals surface area contributed by atoms with Crippen LogP contribution in [0.25, 0.3) is 0 Å². The number of alkyl halides is 1. The van der Waals surface area contributed by atoms with Gasteiger partial charge >= 0.3 is 0 Å². The highest BCUT2D eigenvalue weighted by Crippen LogP contribution is 2.25. The molecule has 3 nitrogen and oxygen atoms in total. The van der Waals surface area contributed by atoms with E-state index in [2.05, 4.69) is 6.92 Å². The molecule has 0 saturated carbocycles. The second-order valence-electron chi connectivity index (χ2n) is 4.21. The van der Waals surface area contributed by atoms with E-state index in [4.69, 9.17) is 16.3 Å². The van der Waals surface area contributed by atoms with E-state index in [1.54, 1.807) is 4.90 Å². The van der Waals surface area contributed by atoms with E-state index in [-0.39, 0.29) is 23.3 Å². The molecule has 0 spiro atoms. The van der Waals surface area contributed by atoms with Crippen molar-refractivity contribution in [1.29, 1.82) is 0 Å². The predicted molar refractivity (Wildman–Crippen MR) is 61.1 cm³/mol. The van der Waals surface area contributed by atoms with Crippen LogP contribution in [0.3, 0.4) is 0 Å². The highest BCUT2D eigenvalue weighted by Gasteiger charge is 2.34. The van der Waals surface area contributed by atoms with Gasteiger partial charge in [0.15, 0.2) is 0 Å². The zero-order chi connectivity index (χ0) is 11.4. The predicted octanol–water partition coefficient (Wildman–Crippen LogP) is 1.89. The first-order chi connectivity index (χ1) is 7.06. The third kappa shape index (κ3) is 3.35. The number of hydrogen-bond acceptors (Lipinski definition) is 2. The van der Waals surface area contributed by atoms with Crippen LogP contribution in [0.4, 0.5) is 0 Å².